The summed E-state index contributed by atoms with van der Waals surface area (Å²) in [7, 11) is 1.43. The molecule has 0 saturated carbocycles. The van der Waals surface area contributed by atoms with E-state index < -0.39 is 12.5 Å². The Balaban J connectivity index is 2.04. The van der Waals surface area contributed by atoms with Crippen LogP contribution in [0.2, 0.25) is 0 Å². The van der Waals surface area contributed by atoms with E-state index in [0.717, 1.165) is 11.3 Å². The van der Waals surface area contributed by atoms with Gasteiger partial charge in [-0.15, -0.1) is 5.10 Å². The van der Waals surface area contributed by atoms with Gasteiger partial charge in [0.2, 0.25) is 5.13 Å². The minimum atomic E-state index is -3.03. The molecule has 3 aromatic rings. The predicted molar refractivity (Wildman–Crippen MR) is 98.0 cm³/mol. The molecule has 0 aliphatic heterocycles. The second-order valence-corrected chi connectivity index (χ2v) is 6.54. The number of hydrogen-bond donors (Lipinski definition) is 1. The average Bonchev–Trinajstić information content (AvgIpc) is 3.10. The second kappa shape index (κ2) is 8.21. The topological polar surface area (TPSA) is 99.1 Å². The highest BCUT2D eigenvalue weighted by atomic mass is 32.1. The first kappa shape index (κ1) is 19.5. The number of halogens is 2. The van der Waals surface area contributed by atoms with Crippen molar-refractivity contribution >= 4 is 22.4 Å². The molecule has 1 N–H and O–H groups in total. The molecule has 0 aromatic carbocycles. The number of anilines is 1. The largest absolute Gasteiger partial charge is 0.472 e. The van der Waals surface area contributed by atoms with Gasteiger partial charge in [0.15, 0.2) is 5.75 Å². The Morgan fingerprint density at radius 1 is 1.11 bits per heavy atom. The van der Waals surface area contributed by atoms with Crippen molar-refractivity contribution in [2.24, 2.45) is 0 Å². The first-order valence-electron chi connectivity index (χ1n) is 7.94. The molecule has 146 valence electrons. The summed E-state index contributed by atoms with van der Waals surface area (Å²) in [5.41, 5.74) is 2.01. The Hall–Kier alpha value is -3.21. The van der Waals surface area contributed by atoms with Crippen molar-refractivity contribution in [3.63, 3.8) is 0 Å². The lowest BCUT2D eigenvalue weighted by molar-refractivity contribution is -0.0496. The highest BCUT2D eigenvalue weighted by Crippen LogP contribution is 2.34. The number of nitrogens with one attached hydrogen (secondary N) is 1. The standard InChI is InChI=1S/C17H15F2N5O3S/c1-8-4-10(11-5-9(2)21-7-13(11)27-15(18)19)12(6-20-8)14(25)22-16-23-24-17(26-3)28-16/h4-7,15H,1-3H3,(H,22,23,25). The normalized spacial score (nSPS) is 10.8. The molecule has 0 radical (unpaired) electrons. The van der Waals surface area contributed by atoms with Crippen molar-refractivity contribution in [3.8, 4) is 22.1 Å². The maximum Gasteiger partial charge on any atom is 0.387 e. The van der Waals surface area contributed by atoms with Crippen molar-refractivity contribution < 1.29 is 23.0 Å². The van der Waals surface area contributed by atoms with Gasteiger partial charge in [0.25, 0.3) is 11.1 Å². The van der Waals surface area contributed by atoms with Crippen LogP contribution in [-0.2, 0) is 0 Å². The monoisotopic (exact) mass is 407 g/mol. The Morgan fingerprint density at radius 2 is 1.79 bits per heavy atom. The average molecular weight is 407 g/mol. The van der Waals surface area contributed by atoms with Crippen molar-refractivity contribution in [2.75, 3.05) is 12.4 Å². The zero-order chi connectivity index (χ0) is 20.3. The maximum atomic E-state index is 12.8. The molecule has 3 rings (SSSR count). The van der Waals surface area contributed by atoms with Crippen LogP contribution >= 0.6 is 11.3 Å². The lowest BCUT2D eigenvalue weighted by Gasteiger charge is -2.14. The van der Waals surface area contributed by atoms with Crippen LogP contribution in [0.25, 0.3) is 11.1 Å². The summed E-state index contributed by atoms with van der Waals surface area (Å²) in [6.07, 6.45) is 2.56. The van der Waals surface area contributed by atoms with Gasteiger partial charge in [0.05, 0.1) is 18.9 Å². The number of alkyl halides is 2. The summed E-state index contributed by atoms with van der Waals surface area (Å²) in [6, 6.07) is 3.18. The van der Waals surface area contributed by atoms with Gasteiger partial charge in [0, 0.05) is 28.7 Å². The van der Waals surface area contributed by atoms with Crippen LogP contribution in [0.5, 0.6) is 10.9 Å². The van der Waals surface area contributed by atoms with Crippen LogP contribution in [0.15, 0.2) is 24.5 Å². The number of ether oxygens (including phenoxy) is 2. The minimum absolute atomic E-state index is 0.141. The number of nitrogens with zero attached hydrogens (tertiary/aromatic N) is 4. The van der Waals surface area contributed by atoms with Gasteiger partial charge < -0.3 is 9.47 Å². The number of carbonyl (C=O) groups is 1. The first-order valence-corrected chi connectivity index (χ1v) is 8.76. The fourth-order valence-electron chi connectivity index (χ4n) is 2.42. The SMILES string of the molecule is COc1nnc(NC(=O)c2cnc(C)cc2-c2cc(C)ncc2OC(F)F)s1. The number of hydrogen-bond acceptors (Lipinski definition) is 8. The Morgan fingerprint density at radius 3 is 2.43 bits per heavy atom. The van der Waals surface area contributed by atoms with Gasteiger partial charge in [0.1, 0.15) is 0 Å². The molecule has 0 spiro atoms. The molecule has 28 heavy (non-hydrogen) atoms. The Labute approximate surface area is 162 Å². The minimum Gasteiger partial charge on any atom is -0.472 e. The summed E-state index contributed by atoms with van der Waals surface area (Å²) in [4.78, 5) is 20.9. The summed E-state index contributed by atoms with van der Waals surface area (Å²) in [6.45, 7) is 0.400. The van der Waals surface area contributed by atoms with E-state index in [1.165, 1.54) is 19.5 Å². The van der Waals surface area contributed by atoms with E-state index in [2.05, 4.69) is 30.2 Å². The van der Waals surface area contributed by atoms with Gasteiger partial charge in [-0.2, -0.15) is 8.78 Å². The maximum absolute atomic E-state index is 12.8. The third-order valence-electron chi connectivity index (χ3n) is 3.60. The molecular weight excluding hydrogens is 392 g/mol. The van der Waals surface area contributed by atoms with Crippen LogP contribution in [-0.4, -0.2) is 39.8 Å². The molecule has 0 fully saturated rings. The molecule has 8 nitrogen and oxygen atoms in total. The van der Waals surface area contributed by atoms with Crippen molar-refractivity contribution in [3.05, 3.63) is 41.5 Å². The molecule has 3 heterocycles. The molecule has 0 atom stereocenters. The smallest absolute Gasteiger partial charge is 0.387 e. The van der Waals surface area contributed by atoms with Gasteiger partial charge >= 0.3 is 6.61 Å². The van der Waals surface area contributed by atoms with E-state index in [0.29, 0.717) is 22.5 Å². The van der Waals surface area contributed by atoms with E-state index in [9.17, 15) is 13.6 Å². The van der Waals surface area contributed by atoms with Crippen molar-refractivity contribution in [1.82, 2.24) is 20.2 Å². The van der Waals surface area contributed by atoms with Gasteiger partial charge in [-0.1, -0.05) is 5.10 Å². The third-order valence-corrected chi connectivity index (χ3v) is 4.40. The lowest BCUT2D eigenvalue weighted by Crippen LogP contribution is -2.14. The number of pyridine rings is 2. The Kier molecular flexibility index (Phi) is 5.73. The summed E-state index contributed by atoms with van der Waals surface area (Å²) in [5.74, 6) is -0.670. The fraction of sp³-hybridized carbons (Fsp3) is 0.235. The number of amides is 1. The quantitative estimate of drug-likeness (QED) is 0.668. The first-order chi connectivity index (χ1) is 13.4. The number of aromatic nitrogens is 4. The molecule has 0 aliphatic carbocycles. The molecule has 0 bridgehead atoms. The van der Waals surface area contributed by atoms with Crippen LogP contribution in [0, 0.1) is 13.8 Å². The van der Waals surface area contributed by atoms with E-state index in [1.54, 1.807) is 26.0 Å². The Bertz CT molecular complexity index is 1010. The number of rotatable bonds is 6. The van der Waals surface area contributed by atoms with E-state index in [-0.39, 0.29) is 21.6 Å². The van der Waals surface area contributed by atoms with Crippen LogP contribution < -0.4 is 14.8 Å². The number of carbonyl (C=O) groups excluding carboxylic acids is 1. The van der Waals surface area contributed by atoms with Crippen LogP contribution in [0.1, 0.15) is 21.7 Å². The van der Waals surface area contributed by atoms with E-state index in [4.69, 9.17) is 4.74 Å². The molecule has 0 aliphatic rings. The van der Waals surface area contributed by atoms with Crippen molar-refractivity contribution in [2.45, 2.75) is 20.5 Å². The van der Waals surface area contributed by atoms with Crippen LogP contribution in [0.3, 0.4) is 0 Å². The summed E-state index contributed by atoms with van der Waals surface area (Å²) >= 11 is 1.04. The van der Waals surface area contributed by atoms with E-state index >= 15 is 0 Å². The number of methoxy groups -OCH3 is 1. The lowest BCUT2D eigenvalue weighted by atomic mass is 9.99. The van der Waals surface area contributed by atoms with E-state index in [1.807, 2.05) is 0 Å². The highest BCUT2D eigenvalue weighted by Gasteiger charge is 2.20. The predicted octanol–water partition coefficient (Wildman–Crippen LogP) is 3.47. The highest BCUT2D eigenvalue weighted by molar-refractivity contribution is 7.17. The fourth-order valence-corrected chi connectivity index (χ4v) is 2.97. The van der Waals surface area contributed by atoms with Gasteiger partial charge in [-0.25, -0.2) is 0 Å². The second-order valence-electron chi connectivity index (χ2n) is 5.60. The summed E-state index contributed by atoms with van der Waals surface area (Å²) < 4.78 is 35.1. The molecule has 3 aromatic heterocycles. The molecular formula is C17H15F2N5O3S. The zero-order valence-electron chi connectivity index (χ0n) is 15.1. The molecule has 0 saturated heterocycles. The van der Waals surface area contributed by atoms with Crippen LogP contribution in [0.4, 0.5) is 13.9 Å². The van der Waals surface area contributed by atoms with Gasteiger partial charge in [-0.3, -0.25) is 20.1 Å². The van der Waals surface area contributed by atoms with Gasteiger partial charge in [-0.05, 0) is 37.3 Å². The zero-order valence-corrected chi connectivity index (χ0v) is 15.9. The molecule has 1 amide bonds. The molecule has 11 heteroatoms. The molecule has 0 unspecified atom stereocenters. The number of aryl methyl sites for hydroxylation is 2. The van der Waals surface area contributed by atoms with Crippen molar-refractivity contribution in [1.29, 1.82) is 0 Å². The third kappa shape index (κ3) is 4.36. The summed E-state index contributed by atoms with van der Waals surface area (Å²) in [5, 5.41) is 10.7.